The van der Waals surface area contributed by atoms with Crippen LogP contribution < -0.4 is 5.32 Å². The Hall–Kier alpha value is -0.120. The second kappa shape index (κ2) is 5.99. The SMILES string of the molecule is CC(C)N1CCC(CC2NCCCO2)CC1. The molecule has 2 aliphatic heterocycles. The number of likely N-dealkylation sites (tertiary alicyclic amines) is 1. The van der Waals surface area contributed by atoms with Crippen molar-refractivity contribution >= 4 is 0 Å². The van der Waals surface area contributed by atoms with Gasteiger partial charge in [0.2, 0.25) is 0 Å². The highest BCUT2D eigenvalue weighted by atomic mass is 16.5. The Morgan fingerprint density at radius 2 is 2.06 bits per heavy atom. The zero-order chi connectivity index (χ0) is 11.4. The molecule has 16 heavy (non-hydrogen) atoms. The molecule has 1 atom stereocenters. The van der Waals surface area contributed by atoms with E-state index in [4.69, 9.17) is 4.74 Å². The summed E-state index contributed by atoms with van der Waals surface area (Å²) < 4.78 is 5.73. The minimum absolute atomic E-state index is 0.337. The summed E-state index contributed by atoms with van der Waals surface area (Å²) in [5, 5.41) is 3.46. The van der Waals surface area contributed by atoms with Crippen LogP contribution in [0.3, 0.4) is 0 Å². The molecule has 1 unspecified atom stereocenters. The second-order valence-electron chi connectivity index (χ2n) is 5.48. The smallest absolute Gasteiger partial charge is 0.108 e. The van der Waals surface area contributed by atoms with Crippen LogP contribution >= 0.6 is 0 Å². The van der Waals surface area contributed by atoms with Gasteiger partial charge in [0.1, 0.15) is 6.23 Å². The molecule has 0 aromatic heterocycles. The monoisotopic (exact) mass is 226 g/mol. The summed E-state index contributed by atoms with van der Waals surface area (Å²) >= 11 is 0. The van der Waals surface area contributed by atoms with E-state index in [1.165, 1.54) is 38.8 Å². The van der Waals surface area contributed by atoms with Crippen molar-refractivity contribution in [1.82, 2.24) is 10.2 Å². The van der Waals surface area contributed by atoms with Gasteiger partial charge in [0.15, 0.2) is 0 Å². The predicted octanol–water partition coefficient (Wildman–Crippen LogP) is 1.83. The molecular formula is C13H26N2O. The van der Waals surface area contributed by atoms with Crippen LogP contribution in [-0.2, 0) is 4.74 Å². The van der Waals surface area contributed by atoms with E-state index in [1.807, 2.05) is 0 Å². The summed E-state index contributed by atoms with van der Waals surface area (Å²) in [5.41, 5.74) is 0. The lowest BCUT2D eigenvalue weighted by atomic mass is 9.92. The van der Waals surface area contributed by atoms with Crippen molar-refractivity contribution in [2.45, 2.75) is 51.8 Å². The van der Waals surface area contributed by atoms with Gasteiger partial charge in [-0.05, 0) is 65.1 Å². The number of rotatable bonds is 3. The fourth-order valence-electron chi connectivity index (χ4n) is 2.78. The molecule has 0 aliphatic carbocycles. The average Bonchev–Trinajstić information content (AvgIpc) is 2.31. The molecule has 2 aliphatic rings. The van der Waals surface area contributed by atoms with Crippen LogP contribution in [0.4, 0.5) is 0 Å². The van der Waals surface area contributed by atoms with E-state index in [2.05, 4.69) is 24.1 Å². The fourth-order valence-corrected chi connectivity index (χ4v) is 2.78. The molecular weight excluding hydrogens is 200 g/mol. The molecule has 0 bridgehead atoms. The van der Waals surface area contributed by atoms with E-state index in [0.29, 0.717) is 12.3 Å². The zero-order valence-electron chi connectivity index (χ0n) is 10.7. The number of piperidine rings is 1. The zero-order valence-corrected chi connectivity index (χ0v) is 10.7. The van der Waals surface area contributed by atoms with Crippen LogP contribution in [0.5, 0.6) is 0 Å². The summed E-state index contributed by atoms with van der Waals surface area (Å²) in [4.78, 5) is 2.59. The van der Waals surface area contributed by atoms with Gasteiger partial charge in [0.05, 0.1) is 0 Å². The first-order chi connectivity index (χ1) is 7.75. The van der Waals surface area contributed by atoms with Crippen molar-refractivity contribution in [3.8, 4) is 0 Å². The topological polar surface area (TPSA) is 24.5 Å². The fraction of sp³-hybridized carbons (Fsp3) is 1.00. The molecule has 94 valence electrons. The van der Waals surface area contributed by atoms with E-state index in [-0.39, 0.29) is 0 Å². The van der Waals surface area contributed by atoms with Crippen LogP contribution in [0.1, 0.15) is 39.5 Å². The van der Waals surface area contributed by atoms with Gasteiger partial charge in [-0.15, -0.1) is 0 Å². The third-order valence-electron chi connectivity index (χ3n) is 3.94. The van der Waals surface area contributed by atoms with Crippen LogP contribution in [0.2, 0.25) is 0 Å². The maximum absolute atomic E-state index is 5.73. The molecule has 2 fully saturated rings. The van der Waals surface area contributed by atoms with Gasteiger partial charge in [-0.2, -0.15) is 0 Å². The van der Waals surface area contributed by atoms with Gasteiger partial charge in [-0.3, -0.25) is 5.32 Å². The minimum atomic E-state index is 0.337. The summed E-state index contributed by atoms with van der Waals surface area (Å²) in [6.07, 6.45) is 5.41. The highest BCUT2D eigenvalue weighted by Crippen LogP contribution is 2.24. The summed E-state index contributed by atoms with van der Waals surface area (Å²) in [5.74, 6) is 0.866. The number of hydrogen-bond donors (Lipinski definition) is 1. The molecule has 3 nitrogen and oxygen atoms in total. The first-order valence-electron chi connectivity index (χ1n) is 6.84. The molecule has 0 saturated carbocycles. The highest BCUT2D eigenvalue weighted by Gasteiger charge is 2.24. The summed E-state index contributed by atoms with van der Waals surface area (Å²) in [7, 11) is 0. The summed E-state index contributed by atoms with van der Waals surface area (Å²) in [6.45, 7) is 9.22. The van der Waals surface area contributed by atoms with Crippen molar-refractivity contribution in [2.24, 2.45) is 5.92 Å². The Labute approximate surface area is 99.5 Å². The van der Waals surface area contributed by atoms with Gasteiger partial charge >= 0.3 is 0 Å². The highest BCUT2D eigenvalue weighted by molar-refractivity contribution is 4.77. The van der Waals surface area contributed by atoms with E-state index in [0.717, 1.165) is 19.1 Å². The predicted molar refractivity (Wildman–Crippen MR) is 66.4 cm³/mol. The molecule has 0 aromatic carbocycles. The Morgan fingerprint density at radius 3 is 2.62 bits per heavy atom. The molecule has 2 saturated heterocycles. The van der Waals surface area contributed by atoms with E-state index < -0.39 is 0 Å². The van der Waals surface area contributed by atoms with Crippen LogP contribution in [0, 0.1) is 5.92 Å². The Balaban J connectivity index is 1.68. The minimum Gasteiger partial charge on any atom is -0.363 e. The number of ether oxygens (including phenoxy) is 1. The first-order valence-corrected chi connectivity index (χ1v) is 6.84. The maximum Gasteiger partial charge on any atom is 0.108 e. The number of hydrogen-bond acceptors (Lipinski definition) is 3. The van der Waals surface area contributed by atoms with Gasteiger partial charge in [-0.25, -0.2) is 0 Å². The molecule has 2 heterocycles. The lowest BCUT2D eigenvalue weighted by Crippen LogP contribution is -2.43. The van der Waals surface area contributed by atoms with Crippen LogP contribution in [-0.4, -0.2) is 43.4 Å². The van der Waals surface area contributed by atoms with Crippen LogP contribution in [0.25, 0.3) is 0 Å². The van der Waals surface area contributed by atoms with Crippen molar-refractivity contribution in [3.63, 3.8) is 0 Å². The molecule has 2 rings (SSSR count). The quantitative estimate of drug-likeness (QED) is 0.794. The molecule has 0 amide bonds. The van der Waals surface area contributed by atoms with Crippen molar-refractivity contribution in [3.05, 3.63) is 0 Å². The third kappa shape index (κ3) is 3.44. The Morgan fingerprint density at radius 1 is 1.31 bits per heavy atom. The van der Waals surface area contributed by atoms with Crippen LogP contribution in [0.15, 0.2) is 0 Å². The largest absolute Gasteiger partial charge is 0.363 e. The lowest BCUT2D eigenvalue weighted by Gasteiger charge is -2.36. The second-order valence-corrected chi connectivity index (χ2v) is 5.48. The van der Waals surface area contributed by atoms with Gasteiger partial charge < -0.3 is 9.64 Å². The van der Waals surface area contributed by atoms with Gasteiger partial charge in [-0.1, -0.05) is 0 Å². The average molecular weight is 226 g/mol. The van der Waals surface area contributed by atoms with Crippen molar-refractivity contribution in [1.29, 1.82) is 0 Å². The molecule has 0 radical (unpaired) electrons. The number of nitrogens with zero attached hydrogens (tertiary/aromatic N) is 1. The summed E-state index contributed by atoms with van der Waals surface area (Å²) in [6, 6.07) is 0.713. The third-order valence-corrected chi connectivity index (χ3v) is 3.94. The van der Waals surface area contributed by atoms with Gasteiger partial charge in [0.25, 0.3) is 0 Å². The first kappa shape index (κ1) is 12.3. The lowest BCUT2D eigenvalue weighted by molar-refractivity contribution is -0.0198. The Kier molecular flexibility index (Phi) is 4.62. The molecule has 0 spiro atoms. The van der Waals surface area contributed by atoms with Crippen molar-refractivity contribution in [2.75, 3.05) is 26.2 Å². The molecule has 3 heteroatoms. The van der Waals surface area contributed by atoms with E-state index >= 15 is 0 Å². The van der Waals surface area contributed by atoms with E-state index in [1.54, 1.807) is 0 Å². The Bertz CT molecular complexity index is 194. The maximum atomic E-state index is 5.73. The van der Waals surface area contributed by atoms with Crippen molar-refractivity contribution < 1.29 is 4.74 Å². The van der Waals surface area contributed by atoms with E-state index in [9.17, 15) is 0 Å². The number of nitrogens with one attached hydrogen (secondary N) is 1. The molecule has 1 N–H and O–H groups in total. The standard InChI is InChI=1S/C13H26N2O/c1-11(2)15-7-4-12(5-8-15)10-13-14-6-3-9-16-13/h11-14H,3-10H2,1-2H3. The molecule has 0 aromatic rings. The van der Waals surface area contributed by atoms with Gasteiger partial charge in [0, 0.05) is 12.6 Å². The normalized spacial score (nSPS) is 29.8.